The van der Waals surface area contributed by atoms with Gasteiger partial charge in [-0.3, -0.25) is 0 Å². The number of rotatable bonds is 6. The molecule has 0 saturated carbocycles. The van der Waals surface area contributed by atoms with Crippen molar-refractivity contribution in [3.8, 4) is 5.82 Å². The SMILES string of the molecule is CCNCc1ccc(-n2nc(CC)nc2CC)nc1C. The molecule has 5 heteroatoms. The zero-order valence-electron chi connectivity index (χ0n) is 12.8. The van der Waals surface area contributed by atoms with Crippen LogP contribution in [-0.2, 0) is 19.4 Å². The Morgan fingerprint density at radius 1 is 1.10 bits per heavy atom. The number of nitrogens with zero attached hydrogens (tertiary/aromatic N) is 4. The first-order valence-electron chi connectivity index (χ1n) is 7.32. The van der Waals surface area contributed by atoms with Gasteiger partial charge >= 0.3 is 0 Å². The molecule has 0 radical (unpaired) electrons. The molecule has 0 aliphatic heterocycles. The van der Waals surface area contributed by atoms with Crippen molar-refractivity contribution in [3.05, 3.63) is 35.0 Å². The fourth-order valence-corrected chi connectivity index (χ4v) is 2.09. The van der Waals surface area contributed by atoms with Crippen molar-refractivity contribution >= 4 is 0 Å². The third kappa shape index (κ3) is 3.04. The Morgan fingerprint density at radius 3 is 2.50 bits per heavy atom. The molecule has 0 saturated heterocycles. The van der Waals surface area contributed by atoms with Crippen molar-refractivity contribution in [1.29, 1.82) is 0 Å². The maximum atomic E-state index is 4.67. The summed E-state index contributed by atoms with van der Waals surface area (Å²) in [6.07, 6.45) is 1.70. The van der Waals surface area contributed by atoms with Crippen LogP contribution in [0.5, 0.6) is 0 Å². The molecular formula is C15H23N5. The minimum absolute atomic E-state index is 0.845. The second-order valence-electron chi connectivity index (χ2n) is 4.76. The van der Waals surface area contributed by atoms with Crippen LogP contribution in [0.1, 0.15) is 43.7 Å². The Balaban J connectivity index is 2.33. The van der Waals surface area contributed by atoms with Gasteiger partial charge in [-0.25, -0.2) is 9.97 Å². The molecule has 0 aromatic carbocycles. The van der Waals surface area contributed by atoms with E-state index >= 15 is 0 Å². The summed E-state index contributed by atoms with van der Waals surface area (Å²) < 4.78 is 1.86. The second-order valence-corrected chi connectivity index (χ2v) is 4.76. The van der Waals surface area contributed by atoms with Crippen molar-refractivity contribution in [2.45, 2.75) is 47.1 Å². The van der Waals surface area contributed by atoms with Crippen LogP contribution in [0, 0.1) is 6.92 Å². The molecule has 108 valence electrons. The lowest BCUT2D eigenvalue weighted by atomic mass is 10.2. The molecule has 0 fully saturated rings. The Bertz CT molecular complexity index is 574. The van der Waals surface area contributed by atoms with Gasteiger partial charge in [0.05, 0.1) is 0 Å². The van der Waals surface area contributed by atoms with E-state index < -0.39 is 0 Å². The van der Waals surface area contributed by atoms with Gasteiger partial charge in [-0.1, -0.05) is 26.8 Å². The van der Waals surface area contributed by atoms with Crippen molar-refractivity contribution in [3.63, 3.8) is 0 Å². The molecular weight excluding hydrogens is 250 g/mol. The summed E-state index contributed by atoms with van der Waals surface area (Å²) in [5.74, 6) is 2.69. The van der Waals surface area contributed by atoms with Crippen LogP contribution in [-0.4, -0.2) is 26.3 Å². The molecule has 2 heterocycles. The topological polar surface area (TPSA) is 55.6 Å². The average molecular weight is 273 g/mol. The molecule has 0 aliphatic carbocycles. The van der Waals surface area contributed by atoms with Crippen molar-refractivity contribution < 1.29 is 0 Å². The smallest absolute Gasteiger partial charge is 0.155 e. The molecule has 0 atom stereocenters. The van der Waals surface area contributed by atoms with E-state index in [1.54, 1.807) is 0 Å². The van der Waals surface area contributed by atoms with E-state index in [0.29, 0.717) is 0 Å². The van der Waals surface area contributed by atoms with Crippen LogP contribution >= 0.6 is 0 Å². The Labute approximate surface area is 120 Å². The number of hydrogen-bond acceptors (Lipinski definition) is 4. The van der Waals surface area contributed by atoms with Gasteiger partial charge < -0.3 is 5.32 Å². The van der Waals surface area contributed by atoms with Gasteiger partial charge in [-0.2, -0.15) is 4.68 Å². The Kier molecular flexibility index (Phi) is 4.84. The highest BCUT2D eigenvalue weighted by molar-refractivity contribution is 5.30. The largest absolute Gasteiger partial charge is 0.313 e. The number of aryl methyl sites for hydroxylation is 3. The van der Waals surface area contributed by atoms with Gasteiger partial charge in [-0.15, -0.1) is 5.10 Å². The highest BCUT2D eigenvalue weighted by Gasteiger charge is 2.11. The molecule has 2 aromatic rings. The average Bonchev–Trinajstić information content (AvgIpc) is 2.89. The number of aromatic nitrogens is 4. The maximum Gasteiger partial charge on any atom is 0.155 e. The summed E-state index contributed by atoms with van der Waals surface area (Å²) >= 11 is 0. The molecule has 0 amide bonds. The molecule has 0 spiro atoms. The lowest BCUT2D eigenvalue weighted by Crippen LogP contribution is -2.14. The number of pyridine rings is 1. The molecule has 0 bridgehead atoms. The second kappa shape index (κ2) is 6.61. The molecule has 20 heavy (non-hydrogen) atoms. The quantitative estimate of drug-likeness (QED) is 0.876. The zero-order valence-corrected chi connectivity index (χ0v) is 12.8. The van der Waals surface area contributed by atoms with Gasteiger partial charge in [0, 0.05) is 25.1 Å². The van der Waals surface area contributed by atoms with Crippen LogP contribution in [0.2, 0.25) is 0 Å². The number of nitrogens with one attached hydrogen (secondary N) is 1. The van der Waals surface area contributed by atoms with E-state index in [-0.39, 0.29) is 0 Å². The van der Waals surface area contributed by atoms with E-state index in [1.807, 2.05) is 17.7 Å². The summed E-state index contributed by atoms with van der Waals surface area (Å²) in [6.45, 7) is 10.1. The maximum absolute atomic E-state index is 4.67. The standard InChI is InChI=1S/C15H23N5/c1-5-13-18-14(6-2)20(19-13)15-9-8-12(10-16-7-3)11(4)17-15/h8-9,16H,5-7,10H2,1-4H3. The van der Waals surface area contributed by atoms with E-state index in [0.717, 1.165) is 49.1 Å². The first kappa shape index (κ1) is 14.7. The predicted octanol–water partition coefficient (Wildman–Crippen LogP) is 2.21. The summed E-state index contributed by atoms with van der Waals surface area (Å²) in [6, 6.07) is 4.14. The van der Waals surface area contributed by atoms with Crippen LogP contribution in [0.3, 0.4) is 0 Å². The third-order valence-corrected chi connectivity index (χ3v) is 3.31. The molecule has 2 rings (SSSR count). The molecule has 1 N–H and O–H groups in total. The Hall–Kier alpha value is -1.75. The van der Waals surface area contributed by atoms with E-state index in [4.69, 9.17) is 0 Å². The van der Waals surface area contributed by atoms with Gasteiger partial charge in [0.2, 0.25) is 0 Å². The highest BCUT2D eigenvalue weighted by atomic mass is 15.4. The van der Waals surface area contributed by atoms with Gasteiger partial charge in [0.1, 0.15) is 5.82 Å². The Morgan fingerprint density at radius 2 is 1.90 bits per heavy atom. The summed E-state index contributed by atoms with van der Waals surface area (Å²) in [5.41, 5.74) is 2.27. The molecule has 5 nitrogen and oxygen atoms in total. The lowest BCUT2D eigenvalue weighted by molar-refractivity contribution is 0.714. The highest BCUT2D eigenvalue weighted by Crippen LogP contribution is 2.12. The summed E-state index contributed by atoms with van der Waals surface area (Å²) in [7, 11) is 0. The van der Waals surface area contributed by atoms with Crippen molar-refractivity contribution in [1.82, 2.24) is 25.1 Å². The summed E-state index contributed by atoms with van der Waals surface area (Å²) in [5, 5.41) is 7.86. The first-order chi connectivity index (χ1) is 9.69. The third-order valence-electron chi connectivity index (χ3n) is 3.31. The van der Waals surface area contributed by atoms with Gasteiger partial charge in [0.25, 0.3) is 0 Å². The lowest BCUT2D eigenvalue weighted by Gasteiger charge is -2.09. The molecule has 0 aliphatic rings. The predicted molar refractivity (Wildman–Crippen MR) is 80.0 cm³/mol. The van der Waals surface area contributed by atoms with Crippen LogP contribution in [0.4, 0.5) is 0 Å². The van der Waals surface area contributed by atoms with Crippen LogP contribution < -0.4 is 5.32 Å². The van der Waals surface area contributed by atoms with Gasteiger partial charge in [0.15, 0.2) is 11.6 Å². The van der Waals surface area contributed by atoms with E-state index in [1.165, 1.54) is 5.56 Å². The number of hydrogen-bond donors (Lipinski definition) is 1. The fourth-order valence-electron chi connectivity index (χ4n) is 2.09. The minimum atomic E-state index is 0.845. The molecule has 2 aromatic heterocycles. The van der Waals surface area contributed by atoms with E-state index in [9.17, 15) is 0 Å². The van der Waals surface area contributed by atoms with Gasteiger partial charge in [-0.05, 0) is 25.1 Å². The normalized spacial score (nSPS) is 11.0. The molecule has 0 unspecified atom stereocenters. The van der Waals surface area contributed by atoms with E-state index in [2.05, 4.69) is 47.2 Å². The van der Waals surface area contributed by atoms with Crippen molar-refractivity contribution in [2.24, 2.45) is 0 Å². The minimum Gasteiger partial charge on any atom is -0.313 e. The van der Waals surface area contributed by atoms with Crippen molar-refractivity contribution in [2.75, 3.05) is 6.54 Å². The van der Waals surface area contributed by atoms with Crippen LogP contribution in [0.15, 0.2) is 12.1 Å². The van der Waals surface area contributed by atoms with Crippen LogP contribution in [0.25, 0.3) is 5.82 Å². The fraction of sp³-hybridized carbons (Fsp3) is 0.533. The zero-order chi connectivity index (χ0) is 14.5. The first-order valence-corrected chi connectivity index (χ1v) is 7.32. The monoisotopic (exact) mass is 273 g/mol. The summed E-state index contributed by atoms with van der Waals surface area (Å²) in [4.78, 5) is 9.20.